The SMILES string of the molecule is Cc1nnc(CNc2cccc(C[S@@](=O)c3ccccc3)c2)s1. The molecule has 0 radical (unpaired) electrons. The lowest BCUT2D eigenvalue weighted by Crippen LogP contribution is -2.01. The molecule has 0 spiro atoms. The first-order chi connectivity index (χ1) is 11.2. The van der Waals surface area contributed by atoms with Crippen LogP contribution in [-0.2, 0) is 23.1 Å². The van der Waals surface area contributed by atoms with E-state index in [2.05, 4.69) is 15.5 Å². The summed E-state index contributed by atoms with van der Waals surface area (Å²) in [5.41, 5.74) is 2.05. The molecule has 6 heteroatoms. The van der Waals surface area contributed by atoms with Gasteiger partial charge in [0.25, 0.3) is 0 Å². The molecular formula is C17H17N3OS2. The number of aryl methyl sites for hydroxylation is 1. The highest BCUT2D eigenvalue weighted by Gasteiger charge is 2.06. The monoisotopic (exact) mass is 343 g/mol. The highest BCUT2D eigenvalue weighted by atomic mass is 32.2. The molecule has 0 fully saturated rings. The Morgan fingerprint density at radius 3 is 2.65 bits per heavy atom. The van der Waals surface area contributed by atoms with Gasteiger partial charge in [-0.2, -0.15) is 0 Å². The first-order valence-corrected chi connectivity index (χ1v) is 9.39. The van der Waals surface area contributed by atoms with Gasteiger partial charge in [-0.1, -0.05) is 41.7 Å². The molecule has 3 aromatic rings. The van der Waals surface area contributed by atoms with E-state index in [0.29, 0.717) is 12.3 Å². The fourth-order valence-electron chi connectivity index (χ4n) is 2.16. The van der Waals surface area contributed by atoms with Crippen LogP contribution in [0.5, 0.6) is 0 Å². The average molecular weight is 343 g/mol. The zero-order valence-electron chi connectivity index (χ0n) is 12.7. The van der Waals surface area contributed by atoms with Crippen molar-refractivity contribution in [2.24, 2.45) is 0 Å². The van der Waals surface area contributed by atoms with E-state index < -0.39 is 10.8 Å². The Morgan fingerprint density at radius 1 is 1.09 bits per heavy atom. The third-order valence-electron chi connectivity index (χ3n) is 3.24. The zero-order chi connectivity index (χ0) is 16.1. The van der Waals surface area contributed by atoms with Gasteiger partial charge >= 0.3 is 0 Å². The highest BCUT2D eigenvalue weighted by Crippen LogP contribution is 2.17. The van der Waals surface area contributed by atoms with Gasteiger partial charge in [0.15, 0.2) is 0 Å². The zero-order valence-corrected chi connectivity index (χ0v) is 14.4. The molecule has 1 N–H and O–H groups in total. The first-order valence-electron chi connectivity index (χ1n) is 7.26. The lowest BCUT2D eigenvalue weighted by Gasteiger charge is -2.07. The lowest BCUT2D eigenvalue weighted by atomic mass is 10.2. The Morgan fingerprint density at radius 2 is 1.91 bits per heavy atom. The number of benzene rings is 2. The van der Waals surface area contributed by atoms with Crippen LogP contribution in [0.3, 0.4) is 0 Å². The van der Waals surface area contributed by atoms with E-state index in [0.717, 1.165) is 26.2 Å². The van der Waals surface area contributed by atoms with Gasteiger partial charge in [0.1, 0.15) is 10.0 Å². The van der Waals surface area contributed by atoms with Crippen LogP contribution in [0, 0.1) is 6.92 Å². The molecule has 0 aliphatic carbocycles. The number of nitrogens with one attached hydrogen (secondary N) is 1. The topological polar surface area (TPSA) is 54.9 Å². The van der Waals surface area contributed by atoms with Crippen molar-refractivity contribution in [3.05, 3.63) is 70.2 Å². The fourth-order valence-corrected chi connectivity index (χ4v) is 3.92. The molecule has 0 aliphatic heterocycles. The van der Waals surface area contributed by atoms with Crippen molar-refractivity contribution < 1.29 is 4.21 Å². The minimum absolute atomic E-state index is 0.511. The summed E-state index contributed by atoms with van der Waals surface area (Å²) in [6.07, 6.45) is 0. The van der Waals surface area contributed by atoms with Crippen molar-refractivity contribution in [2.75, 3.05) is 5.32 Å². The molecule has 3 rings (SSSR count). The highest BCUT2D eigenvalue weighted by molar-refractivity contribution is 7.84. The van der Waals surface area contributed by atoms with Crippen LogP contribution in [-0.4, -0.2) is 14.4 Å². The average Bonchev–Trinajstić information content (AvgIpc) is 3.00. The van der Waals surface area contributed by atoms with Gasteiger partial charge < -0.3 is 5.32 Å². The molecule has 0 saturated carbocycles. The number of rotatable bonds is 6. The van der Waals surface area contributed by atoms with E-state index in [9.17, 15) is 4.21 Å². The maximum Gasteiger partial charge on any atom is 0.136 e. The molecule has 0 saturated heterocycles. The maximum atomic E-state index is 12.4. The second-order valence-corrected chi connectivity index (χ2v) is 7.79. The smallest absolute Gasteiger partial charge is 0.136 e. The van der Waals surface area contributed by atoms with Crippen LogP contribution in [0.15, 0.2) is 59.5 Å². The normalized spacial score (nSPS) is 12.0. The Balaban J connectivity index is 1.64. The molecule has 0 amide bonds. The molecule has 0 unspecified atom stereocenters. The molecule has 1 aromatic heterocycles. The molecule has 0 bridgehead atoms. The van der Waals surface area contributed by atoms with E-state index in [4.69, 9.17) is 0 Å². The van der Waals surface area contributed by atoms with Crippen LogP contribution in [0.1, 0.15) is 15.6 Å². The Hall–Kier alpha value is -2.05. The summed E-state index contributed by atoms with van der Waals surface area (Å²) in [4.78, 5) is 0.857. The van der Waals surface area contributed by atoms with Gasteiger partial charge in [0, 0.05) is 10.6 Å². The van der Waals surface area contributed by atoms with Gasteiger partial charge in [0.2, 0.25) is 0 Å². The Bertz CT molecular complexity index is 802. The summed E-state index contributed by atoms with van der Waals surface area (Å²) in [5.74, 6) is 0.511. The molecule has 23 heavy (non-hydrogen) atoms. The van der Waals surface area contributed by atoms with Crippen molar-refractivity contribution in [2.45, 2.75) is 24.1 Å². The molecule has 118 valence electrons. The van der Waals surface area contributed by atoms with Gasteiger partial charge in [-0.3, -0.25) is 4.21 Å². The lowest BCUT2D eigenvalue weighted by molar-refractivity contribution is 0.682. The number of hydrogen-bond donors (Lipinski definition) is 1. The van der Waals surface area contributed by atoms with E-state index in [1.165, 1.54) is 0 Å². The van der Waals surface area contributed by atoms with E-state index in [-0.39, 0.29) is 0 Å². The summed E-state index contributed by atoms with van der Waals surface area (Å²) < 4.78 is 12.4. The third-order valence-corrected chi connectivity index (χ3v) is 5.47. The van der Waals surface area contributed by atoms with Crippen molar-refractivity contribution in [1.29, 1.82) is 0 Å². The van der Waals surface area contributed by atoms with Gasteiger partial charge in [-0.05, 0) is 36.8 Å². The van der Waals surface area contributed by atoms with Crippen LogP contribution in [0.4, 0.5) is 5.69 Å². The number of anilines is 1. The van der Waals surface area contributed by atoms with Gasteiger partial charge in [-0.15, -0.1) is 10.2 Å². The van der Waals surface area contributed by atoms with Crippen LogP contribution in [0.2, 0.25) is 0 Å². The van der Waals surface area contributed by atoms with Crippen molar-refractivity contribution in [3.63, 3.8) is 0 Å². The summed E-state index contributed by atoms with van der Waals surface area (Å²) in [5, 5.41) is 13.4. The number of nitrogens with zero attached hydrogens (tertiary/aromatic N) is 2. The molecule has 1 atom stereocenters. The van der Waals surface area contributed by atoms with Gasteiger partial charge in [-0.25, -0.2) is 0 Å². The summed E-state index contributed by atoms with van der Waals surface area (Å²) in [6, 6.07) is 17.6. The van der Waals surface area contributed by atoms with Crippen LogP contribution in [0.25, 0.3) is 0 Å². The van der Waals surface area contributed by atoms with Crippen molar-refractivity contribution in [3.8, 4) is 0 Å². The van der Waals surface area contributed by atoms with E-state index in [1.807, 2.05) is 61.5 Å². The Labute approximate surface area is 142 Å². The minimum atomic E-state index is -1.03. The molecule has 2 aromatic carbocycles. The standard InChI is InChI=1S/C17H17N3OS2/c1-13-19-20-17(22-13)11-18-15-7-5-6-14(10-15)12-23(21)16-8-3-2-4-9-16/h2-10,18H,11-12H2,1H3/t23-/m1/s1. The quantitative estimate of drug-likeness (QED) is 0.740. The van der Waals surface area contributed by atoms with Crippen molar-refractivity contribution in [1.82, 2.24) is 10.2 Å². The molecule has 4 nitrogen and oxygen atoms in total. The summed E-state index contributed by atoms with van der Waals surface area (Å²) in [6.45, 7) is 2.59. The molecule has 0 aliphatic rings. The van der Waals surface area contributed by atoms with E-state index in [1.54, 1.807) is 11.3 Å². The first kappa shape index (κ1) is 15.8. The molecular weight excluding hydrogens is 326 g/mol. The summed E-state index contributed by atoms with van der Waals surface area (Å²) in [7, 11) is -1.03. The summed E-state index contributed by atoms with van der Waals surface area (Å²) >= 11 is 1.59. The van der Waals surface area contributed by atoms with Gasteiger partial charge in [0.05, 0.1) is 23.1 Å². The number of hydrogen-bond acceptors (Lipinski definition) is 5. The maximum absolute atomic E-state index is 12.4. The van der Waals surface area contributed by atoms with Crippen LogP contribution < -0.4 is 5.32 Å². The van der Waals surface area contributed by atoms with Crippen LogP contribution >= 0.6 is 11.3 Å². The van der Waals surface area contributed by atoms with Crippen molar-refractivity contribution >= 4 is 27.8 Å². The predicted molar refractivity (Wildman–Crippen MR) is 95.0 cm³/mol. The second-order valence-electron chi connectivity index (χ2n) is 5.07. The van der Waals surface area contributed by atoms with E-state index >= 15 is 0 Å². The largest absolute Gasteiger partial charge is 0.378 e. The Kier molecular flexibility index (Phi) is 5.15. The third kappa shape index (κ3) is 4.46. The minimum Gasteiger partial charge on any atom is -0.378 e. The fraction of sp³-hybridized carbons (Fsp3) is 0.176. The number of aromatic nitrogens is 2. The molecule has 1 heterocycles. The predicted octanol–water partition coefficient (Wildman–Crippen LogP) is 3.77. The second kappa shape index (κ2) is 7.48.